The van der Waals surface area contributed by atoms with Gasteiger partial charge in [0.25, 0.3) is 0 Å². The first-order valence-corrected chi connectivity index (χ1v) is 4.59. The molecule has 2 N–H and O–H groups in total. The maximum Gasteiger partial charge on any atom is 0.124 e. The summed E-state index contributed by atoms with van der Waals surface area (Å²) in [5.74, 6) is -0.333. The Morgan fingerprint density at radius 2 is 2.15 bits per heavy atom. The van der Waals surface area contributed by atoms with E-state index in [9.17, 15) is 4.39 Å². The number of hydrogen-bond acceptors (Lipinski definition) is 1. The zero-order valence-electron chi connectivity index (χ0n) is 7.77. The molecule has 1 nitrogen and oxygen atoms in total. The highest BCUT2D eigenvalue weighted by Gasteiger charge is 2.21. The zero-order valence-corrected chi connectivity index (χ0v) is 8.53. The molecule has 1 aromatic rings. The Bertz CT molecular complexity index is 310. The molecule has 0 radical (unpaired) electrons. The van der Waals surface area contributed by atoms with E-state index in [0.717, 1.165) is 12.0 Å². The largest absolute Gasteiger partial charge is 0.322 e. The molecule has 0 aliphatic rings. The first-order chi connectivity index (χ1) is 5.97. The van der Waals surface area contributed by atoms with Gasteiger partial charge in [0.1, 0.15) is 5.82 Å². The molecule has 13 heavy (non-hydrogen) atoms. The van der Waals surface area contributed by atoms with Crippen LogP contribution in [0.2, 0.25) is 5.02 Å². The van der Waals surface area contributed by atoms with E-state index >= 15 is 0 Å². The Balaban J connectivity index is 3.16. The van der Waals surface area contributed by atoms with Crippen LogP contribution in [-0.4, -0.2) is 0 Å². The van der Waals surface area contributed by atoms with E-state index in [1.807, 2.05) is 13.8 Å². The summed E-state index contributed by atoms with van der Waals surface area (Å²) >= 11 is 5.87. The van der Waals surface area contributed by atoms with Crippen LogP contribution in [0.1, 0.15) is 25.8 Å². The van der Waals surface area contributed by atoms with E-state index in [4.69, 9.17) is 17.3 Å². The normalized spacial score (nSPS) is 15.5. The van der Waals surface area contributed by atoms with Gasteiger partial charge in [0.15, 0.2) is 0 Å². The highest BCUT2D eigenvalue weighted by Crippen LogP contribution is 2.28. The molecule has 0 bridgehead atoms. The molecule has 0 heterocycles. The molecular formula is C10H13ClFN. The Labute approximate surface area is 82.7 Å². The molecule has 0 fully saturated rings. The van der Waals surface area contributed by atoms with Crippen LogP contribution >= 0.6 is 11.6 Å². The number of hydrogen-bond donors (Lipinski definition) is 1. The summed E-state index contributed by atoms with van der Waals surface area (Å²) in [7, 11) is 0. The van der Waals surface area contributed by atoms with E-state index in [1.54, 1.807) is 6.07 Å². The lowest BCUT2D eigenvalue weighted by atomic mass is 9.90. The van der Waals surface area contributed by atoms with Gasteiger partial charge >= 0.3 is 0 Å². The van der Waals surface area contributed by atoms with E-state index in [2.05, 4.69) is 0 Å². The van der Waals surface area contributed by atoms with Gasteiger partial charge in [-0.05, 0) is 31.0 Å². The molecule has 1 atom stereocenters. The molecule has 0 saturated carbocycles. The van der Waals surface area contributed by atoms with E-state index in [-0.39, 0.29) is 5.82 Å². The molecule has 3 heteroatoms. The van der Waals surface area contributed by atoms with Crippen LogP contribution in [0.25, 0.3) is 0 Å². The number of rotatable bonds is 2. The molecule has 0 aliphatic carbocycles. The average Bonchev–Trinajstić information content (AvgIpc) is 2.03. The van der Waals surface area contributed by atoms with Gasteiger partial charge < -0.3 is 5.73 Å². The summed E-state index contributed by atoms with van der Waals surface area (Å²) in [6.07, 6.45) is 0.762. The van der Waals surface area contributed by atoms with Crippen LogP contribution in [-0.2, 0) is 5.54 Å². The van der Waals surface area contributed by atoms with Crippen molar-refractivity contribution in [2.45, 2.75) is 25.8 Å². The second-order valence-corrected chi connectivity index (χ2v) is 3.80. The highest BCUT2D eigenvalue weighted by molar-refractivity contribution is 6.31. The number of halogens is 2. The predicted molar refractivity (Wildman–Crippen MR) is 53.2 cm³/mol. The van der Waals surface area contributed by atoms with Gasteiger partial charge in [-0.2, -0.15) is 0 Å². The van der Waals surface area contributed by atoms with Crippen molar-refractivity contribution in [3.63, 3.8) is 0 Å². The minimum atomic E-state index is -0.481. The SMILES string of the molecule is CC[C@@](C)(N)c1ccc(F)cc1Cl. The molecule has 0 saturated heterocycles. The van der Waals surface area contributed by atoms with Gasteiger partial charge in [0, 0.05) is 10.6 Å². The van der Waals surface area contributed by atoms with Crippen molar-refractivity contribution in [1.82, 2.24) is 0 Å². The van der Waals surface area contributed by atoms with Gasteiger partial charge in [-0.15, -0.1) is 0 Å². The number of nitrogens with two attached hydrogens (primary N) is 1. The van der Waals surface area contributed by atoms with Gasteiger partial charge in [-0.25, -0.2) is 4.39 Å². The molecule has 0 unspecified atom stereocenters. The summed E-state index contributed by atoms with van der Waals surface area (Å²) in [6.45, 7) is 3.85. The van der Waals surface area contributed by atoms with E-state index in [1.165, 1.54) is 12.1 Å². The Hall–Kier alpha value is -0.600. The summed E-state index contributed by atoms with van der Waals surface area (Å²) in [4.78, 5) is 0. The topological polar surface area (TPSA) is 26.0 Å². The molecule has 0 aliphatic heterocycles. The van der Waals surface area contributed by atoms with Gasteiger partial charge in [-0.3, -0.25) is 0 Å². The summed E-state index contributed by atoms with van der Waals surface area (Å²) in [6, 6.07) is 4.31. The van der Waals surface area contributed by atoms with Crippen molar-refractivity contribution >= 4 is 11.6 Å². The summed E-state index contributed by atoms with van der Waals surface area (Å²) < 4.78 is 12.7. The fraction of sp³-hybridized carbons (Fsp3) is 0.400. The third-order valence-corrected chi connectivity index (χ3v) is 2.59. The standard InChI is InChI=1S/C10H13ClFN/c1-3-10(2,13)8-5-4-7(12)6-9(8)11/h4-6H,3,13H2,1-2H3/t10-/m1/s1. The third kappa shape index (κ3) is 2.20. The fourth-order valence-electron chi connectivity index (χ4n) is 1.14. The Kier molecular flexibility index (Phi) is 2.94. The van der Waals surface area contributed by atoms with Gasteiger partial charge in [-0.1, -0.05) is 24.6 Å². The lowest BCUT2D eigenvalue weighted by molar-refractivity contribution is 0.475. The number of benzene rings is 1. The quantitative estimate of drug-likeness (QED) is 0.782. The van der Waals surface area contributed by atoms with Crippen molar-refractivity contribution in [3.05, 3.63) is 34.6 Å². The van der Waals surface area contributed by atoms with Crippen LogP contribution < -0.4 is 5.73 Å². The van der Waals surface area contributed by atoms with Crippen LogP contribution in [0, 0.1) is 5.82 Å². The summed E-state index contributed by atoms with van der Waals surface area (Å²) in [5.41, 5.74) is 6.29. The fourth-order valence-corrected chi connectivity index (χ4v) is 1.53. The molecule has 1 rings (SSSR count). The Morgan fingerprint density at radius 1 is 1.54 bits per heavy atom. The monoisotopic (exact) mass is 201 g/mol. The van der Waals surface area contributed by atoms with E-state index in [0.29, 0.717) is 5.02 Å². The van der Waals surface area contributed by atoms with Crippen molar-refractivity contribution in [2.75, 3.05) is 0 Å². The van der Waals surface area contributed by atoms with Crippen LogP contribution in [0.4, 0.5) is 4.39 Å². The van der Waals surface area contributed by atoms with Crippen molar-refractivity contribution in [2.24, 2.45) is 5.73 Å². The van der Waals surface area contributed by atoms with Crippen molar-refractivity contribution < 1.29 is 4.39 Å². The highest BCUT2D eigenvalue weighted by atomic mass is 35.5. The first kappa shape index (κ1) is 10.5. The molecular weight excluding hydrogens is 189 g/mol. The lowest BCUT2D eigenvalue weighted by Gasteiger charge is -2.24. The molecule has 1 aromatic carbocycles. The smallest absolute Gasteiger partial charge is 0.124 e. The van der Waals surface area contributed by atoms with Crippen LogP contribution in [0.5, 0.6) is 0 Å². The first-order valence-electron chi connectivity index (χ1n) is 4.22. The summed E-state index contributed by atoms with van der Waals surface area (Å²) in [5, 5.41) is 0.395. The minimum Gasteiger partial charge on any atom is -0.322 e. The third-order valence-electron chi connectivity index (χ3n) is 2.28. The van der Waals surface area contributed by atoms with Gasteiger partial charge in [0.2, 0.25) is 0 Å². The molecule has 0 aromatic heterocycles. The maximum atomic E-state index is 12.7. The second-order valence-electron chi connectivity index (χ2n) is 3.40. The molecule has 0 spiro atoms. The molecule has 72 valence electrons. The zero-order chi connectivity index (χ0) is 10.1. The second kappa shape index (κ2) is 3.64. The average molecular weight is 202 g/mol. The van der Waals surface area contributed by atoms with E-state index < -0.39 is 5.54 Å². The predicted octanol–water partition coefficient (Wildman–Crippen LogP) is 3.06. The maximum absolute atomic E-state index is 12.7. The van der Waals surface area contributed by atoms with Crippen molar-refractivity contribution in [3.8, 4) is 0 Å². The van der Waals surface area contributed by atoms with Crippen LogP contribution in [0.3, 0.4) is 0 Å². The minimum absolute atomic E-state index is 0.333. The molecule has 0 amide bonds. The van der Waals surface area contributed by atoms with Gasteiger partial charge in [0.05, 0.1) is 0 Å². The van der Waals surface area contributed by atoms with Crippen LogP contribution in [0.15, 0.2) is 18.2 Å². The Morgan fingerprint density at radius 3 is 2.62 bits per heavy atom. The van der Waals surface area contributed by atoms with Crippen molar-refractivity contribution in [1.29, 1.82) is 0 Å². The lowest BCUT2D eigenvalue weighted by Crippen LogP contribution is -2.32.